The number of fused-ring (bicyclic) bond motifs is 1. The first-order valence-corrected chi connectivity index (χ1v) is 11.5. The molecule has 3 aliphatic rings. The monoisotopic (exact) mass is 445 g/mol. The fraction of sp³-hybridized carbons (Fsp3) is 0.333. The summed E-state index contributed by atoms with van der Waals surface area (Å²) in [6.45, 7) is 2.23. The highest BCUT2D eigenvalue weighted by Crippen LogP contribution is 2.39. The van der Waals surface area contributed by atoms with Gasteiger partial charge in [0.05, 0.1) is 24.5 Å². The number of nitrogens with zero attached hydrogens (tertiary/aromatic N) is 2. The maximum Gasteiger partial charge on any atom is 0.269 e. The molecule has 8 nitrogen and oxygen atoms in total. The van der Waals surface area contributed by atoms with Crippen LogP contribution in [0.5, 0.6) is 0 Å². The van der Waals surface area contributed by atoms with Crippen molar-refractivity contribution in [2.45, 2.75) is 23.8 Å². The fourth-order valence-electron chi connectivity index (χ4n) is 3.91. The van der Waals surface area contributed by atoms with Crippen molar-refractivity contribution in [1.29, 1.82) is 0 Å². The number of anilines is 2. The molecule has 0 atom stereocenters. The van der Waals surface area contributed by atoms with Crippen LogP contribution in [0, 0.1) is 5.82 Å². The lowest BCUT2D eigenvalue weighted by Crippen LogP contribution is -2.36. The zero-order chi connectivity index (χ0) is 21.8. The molecule has 0 spiro atoms. The topological polar surface area (TPSA) is 96.0 Å². The maximum absolute atomic E-state index is 14.6. The average molecular weight is 445 g/mol. The molecule has 1 aliphatic carbocycles. The average Bonchev–Trinajstić information content (AvgIpc) is 3.56. The van der Waals surface area contributed by atoms with Gasteiger partial charge in [-0.2, -0.15) is 0 Å². The summed E-state index contributed by atoms with van der Waals surface area (Å²) in [6, 6.07) is 8.08. The number of halogens is 1. The molecule has 162 valence electrons. The van der Waals surface area contributed by atoms with E-state index in [4.69, 9.17) is 4.74 Å². The third-order valence-corrected chi connectivity index (χ3v) is 7.52. The minimum Gasteiger partial charge on any atom is -0.378 e. The Kier molecular flexibility index (Phi) is 4.71. The highest BCUT2D eigenvalue weighted by Gasteiger charge is 2.48. The SMILES string of the molecule is O=C(Nc1ccc(N2CCOCC2)c(F)c1)c1ccc2c(c1)S(=O)(=O)N(C1CC1)C2=O. The number of rotatable bonds is 4. The third kappa shape index (κ3) is 3.45. The summed E-state index contributed by atoms with van der Waals surface area (Å²) in [5.74, 6) is -1.61. The Hall–Kier alpha value is -2.98. The number of ether oxygens (including phenoxy) is 1. The number of hydrogen-bond donors (Lipinski definition) is 1. The number of morpholine rings is 1. The van der Waals surface area contributed by atoms with Crippen molar-refractivity contribution in [3.8, 4) is 0 Å². The lowest BCUT2D eigenvalue weighted by molar-refractivity contribution is 0.0864. The van der Waals surface area contributed by atoms with Gasteiger partial charge < -0.3 is 15.0 Å². The zero-order valence-corrected chi connectivity index (χ0v) is 17.3. The van der Waals surface area contributed by atoms with Crippen LogP contribution in [0.2, 0.25) is 0 Å². The standard InChI is InChI=1S/C21H20FN3O5S/c22-17-12-14(2-6-18(17)24-7-9-30-10-8-24)23-20(26)13-1-5-16-19(11-13)31(28,29)25(21(16)27)15-3-4-15/h1-2,5-6,11-12,15H,3-4,7-10H2,(H,23,26). The van der Waals surface area contributed by atoms with Gasteiger partial charge in [0.2, 0.25) is 0 Å². The predicted octanol–water partition coefficient (Wildman–Crippen LogP) is 2.22. The normalized spacial score (nSPS) is 20.0. The zero-order valence-electron chi connectivity index (χ0n) is 16.5. The third-order valence-electron chi connectivity index (χ3n) is 5.65. The Morgan fingerprint density at radius 2 is 1.84 bits per heavy atom. The van der Waals surface area contributed by atoms with Crippen molar-refractivity contribution >= 4 is 33.2 Å². The van der Waals surface area contributed by atoms with Crippen LogP contribution in [0.3, 0.4) is 0 Å². The Balaban J connectivity index is 1.37. The molecule has 2 amide bonds. The van der Waals surface area contributed by atoms with Gasteiger partial charge >= 0.3 is 0 Å². The molecule has 2 aliphatic heterocycles. The van der Waals surface area contributed by atoms with Gasteiger partial charge in [-0.15, -0.1) is 0 Å². The van der Waals surface area contributed by atoms with Gasteiger partial charge in [0, 0.05) is 30.4 Å². The summed E-state index contributed by atoms with van der Waals surface area (Å²) >= 11 is 0. The van der Waals surface area contributed by atoms with Crippen LogP contribution in [0.1, 0.15) is 33.6 Å². The molecule has 0 radical (unpaired) electrons. The van der Waals surface area contributed by atoms with Gasteiger partial charge in [0.25, 0.3) is 21.8 Å². The molecule has 10 heteroatoms. The Labute approximate surface area is 178 Å². The minimum absolute atomic E-state index is 0.0735. The van der Waals surface area contributed by atoms with Crippen molar-refractivity contribution in [2.75, 3.05) is 36.5 Å². The number of sulfonamides is 1. The van der Waals surface area contributed by atoms with Gasteiger partial charge in [-0.05, 0) is 49.2 Å². The van der Waals surface area contributed by atoms with Crippen molar-refractivity contribution in [3.63, 3.8) is 0 Å². The molecule has 1 N–H and O–H groups in total. The van der Waals surface area contributed by atoms with Gasteiger partial charge in [-0.3, -0.25) is 9.59 Å². The lowest BCUT2D eigenvalue weighted by atomic mass is 10.1. The molecule has 2 aromatic carbocycles. The summed E-state index contributed by atoms with van der Waals surface area (Å²) in [5.41, 5.74) is 0.831. The second-order valence-electron chi connectivity index (χ2n) is 7.77. The van der Waals surface area contributed by atoms with Gasteiger partial charge in [0.15, 0.2) is 0 Å². The fourth-order valence-corrected chi connectivity index (χ4v) is 5.75. The molecule has 2 aromatic rings. The van der Waals surface area contributed by atoms with E-state index in [9.17, 15) is 22.4 Å². The number of nitrogens with one attached hydrogen (secondary N) is 1. The summed E-state index contributed by atoms with van der Waals surface area (Å²) in [5, 5.41) is 2.59. The molecule has 1 saturated heterocycles. The predicted molar refractivity (Wildman–Crippen MR) is 110 cm³/mol. The van der Waals surface area contributed by atoms with Crippen LogP contribution in [0.4, 0.5) is 15.8 Å². The first-order chi connectivity index (χ1) is 14.9. The number of hydrogen-bond acceptors (Lipinski definition) is 6. The van der Waals surface area contributed by atoms with Crippen molar-refractivity contribution in [1.82, 2.24) is 4.31 Å². The number of carbonyl (C=O) groups is 2. The second kappa shape index (κ2) is 7.31. The molecule has 2 heterocycles. The van der Waals surface area contributed by atoms with E-state index in [1.807, 2.05) is 4.90 Å². The summed E-state index contributed by atoms with van der Waals surface area (Å²) in [4.78, 5) is 26.8. The molecule has 5 rings (SSSR count). The van der Waals surface area contributed by atoms with Gasteiger partial charge in [-0.25, -0.2) is 17.1 Å². The van der Waals surface area contributed by atoms with Crippen LogP contribution in [-0.2, 0) is 14.8 Å². The number of carbonyl (C=O) groups excluding carboxylic acids is 2. The Morgan fingerprint density at radius 1 is 1.10 bits per heavy atom. The first-order valence-electron chi connectivity index (χ1n) is 10.0. The van der Waals surface area contributed by atoms with Gasteiger partial charge in [0.1, 0.15) is 10.7 Å². The van der Waals surface area contributed by atoms with E-state index in [1.54, 1.807) is 12.1 Å². The quantitative estimate of drug-likeness (QED) is 0.775. The van der Waals surface area contributed by atoms with Crippen LogP contribution in [0.25, 0.3) is 0 Å². The van der Waals surface area contributed by atoms with Gasteiger partial charge in [-0.1, -0.05) is 0 Å². The largest absolute Gasteiger partial charge is 0.378 e. The smallest absolute Gasteiger partial charge is 0.269 e. The first kappa shape index (κ1) is 20.0. The highest BCUT2D eigenvalue weighted by atomic mass is 32.2. The Bertz CT molecular complexity index is 1190. The molecule has 31 heavy (non-hydrogen) atoms. The lowest BCUT2D eigenvalue weighted by Gasteiger charge is -2.29. The highest BCUT2D eigenvalue weighted by molar-refractivity contribution is 7.90. The summed E-state index contributed by atoms with van der Waals surface area (Å²) in [7, 11) is -3.96. The van der Waals surface area contributed by atoms with Crippen LogP contribution in [0.15, 0.2) is 41.3 Å². The number of amides is 2. The van der Waals surface area contributed by atoms with E-state index < -0.39 is 27.7 Å². The molecular weight excluding hydrogens is 425 g/mol. The molecular formula is C21H20FN3O5S. The van der Waals surface area contributed by atoms with Crippen LogP contribution < -0.4 is 10.2 Å². The van der Waals surface area contributed by atoms with E-state index in [1.165, 1.54) is 24.3 Å². The van der Waals surface area contributed by atoms with Crippen molar-refractivity contribution in [3.05, 3.63) is 53.3 Å². The number of benzene rings is 2. The van der Waals surface area contributed by atoms with E-state index >= 15 is 0 Å². The van der Waals surface area contributed by atoms with E-state index in [-0.39, 0.29) is 27.8 Å². The summed E-state index contributed by atoms with van der Waals surface area (Å²) < 4.78 is 46.3. The van der Waals surface area contributed by atoms with E-state index in [2.05, 4.69) is 5.32 Å². The maximum atomic E-state index is 14.6. The molecule has 0 unspecified atom stereocenters. The van der Waals surface area contributed by atoms with E-state index in [0.29, 0.717) is 44.8 Å². The van der Waals surface area contributed by atoms with Crippen molar-refractivity contribution < 1.29 is 27.1 Å². The van der Waals surface area contributed by atoms with E-state index in [0.717, 1.165) is 4.31 Å². The molecule has 1 saturated carbocycles. The van der Waals surface area contributed by atoms with Crippen molar-refractivity contribution in [2.24, 2.45) is 0 Å². The molecule has 0 bridgehead atoms. The molecule has 2 fully saturated rings. The van der Waals surface area contributed by atoms with Crippen LogP contribution in [-0.4, -0.2) is 56.9 Å². The Morgan fingerprint density at radius 3 is 2.52 bits per heavy atom. The molecule has 0 aromatic heterocycles. The second-order valence-corrected chi connectivity index (χ2v) is 9.55. The van der Waals surface area contributed by atoms with Crippen LogP contribution >= 0.6 is 0 Å². The summed E-state index contributed by atoms with van der Waals surface area (Å²) in [6.07, 6.45) is 1.30. The minimum atomic E-state index is -3.96.